The normalized spacial score (nSPS) is 11.7. The first-order chi connectivity index (χ1) is 15.6. The van der Waals surface area contributed by atoms with Crippen LogP contribution in [0.25, 0.3) is 0 Å². The van der Waals surface area contributed by atoms with Crippen molar-refractivity contribution in [1.29, 1.82) is 0 Å². The quantitative estimate of drug-likeness (QED) is 0.203. The van der Waals surface area contributed by atoms with Crippen molar-refractivity contribution in [3.8, 4) is 11.5 Å². The third-order valence-corrected chi connectivity index (χ3v) is 5.73. The van der Waals surface area contributed by atoms with Crippen molar-refractivity contribution in [2.24, 2.45) is 9.98 Å². The standard InChI is InChI=1S/C26H34Cl2N2O2/c27-23-11-13-25(31)21(17-23)19-29-15-9-7-5-3-1-2-4-6-8-10-16-30-20-22-18-24(28)12-14-26(22)32/h11-14,17-20,31-32H,1-10,15-16H2/b29-19+,30-20+. The average Bonchev–Trinajstić information content (AvgIpc) is 2.78. The first kappa shape index (κ1) is 26.2. The average molecular weight is 477 g/mol. The maximum absolute atomic E-state index is 9.74. The number of unbranched alkanes of at least 4 members (excludes halogenated alkanes) is 9. The van der Waals surface area contributed by atoms with Crippen molar-refractivity contribution in [2.75, 3.05) is 13.1 Å². The second-order valence-electron chi connectivity index (χ2n) is 8.01. The van der Waals surface area contributed by atoms with E-state index in [-0.39, 0.29) is 11.5 Å². The fraction of sp³-hybridized carbons (Fsp3) is 0.462. The number of halogens is 2. The van der Waals surface area contributed by atoms with Crippen molar-refractivity contribution < 1.29 is 10.2 Å². The zero-order valence-electron chi connectivity index (χ0n) is 18.6. The van der Waals surface area contributed by atoms with Gasteiger partial charge in [-0.3, -0.25) is 9.98 Å². The lowest BCUT2D eigenvalue weighted by atomic mass is 10.1. The number of hydrogen-bond acceptors (Lipinski definition) is 4. The van der Waals surface area contributed by atoms with E-state index in [1.165, 1.54) is 51.4 Å². The highest BCUT2D eigenvalue weighted by atomic mass is 35.5. The SMILES string of the molecule is Oc1ccc(Cl)cc1/C=N/CCCCCCCCCCCC/N=C/c1cc(Cl)ccc1O. The molecule has 0 aromatic heterocycles. The number of hydrogen-bond donors (Lipinski definition) is 2. The highest BCUT2D eigenvalue weighted by Gasteiger charge is 1.99. The largest absolute Gasteiger partial charge is 0.507 e. The molecule has 0 saturated carbocycles. The summed E-state index contributed by atoms with van der Waals surface area (Å²) in [6.45, 7) is 1.57. The molecule has 0 aliphatic carbocycles. The van der Waals surface area contributed by atoms with Gasteiger partial charge in [0.15, 0.2) is 0 Å². The molecule has 0 fully saturated rings. The van der Waals surface area contributed by atoms with Crippen LogP contribution in [0.3, 0.4) is 0 Å². The monoisotopic (exact) mass is 476 g/mol. The zero-order valence-corrected chi connectivity index (χ0v) is 20.2. The minimum absolute atomic E-state index is 0.212. The number of benzene rings is 2. The van der Waals surface area contributed by atoms with Crippen LogP contribution >= 0.6 is 23.2 Å². The summed E-state index contributed by atoms with van der Waals surface area (Å²) in [4.78, 5) is 8.77. The molecule has 0 heterocycles. The molecule has 174 valence electrons. The van der Waals surface area contributed by atoms with E-state index >= 15 is 0 Å². The van der Waals surface area contributed by atoms with Crippen LogP contribution in [0.4, 0.5) is 0 Å². The van der Waals surface area contributed by atoms with E-state index in [1.54, 1.807) is 48.8 Å². The molecule has 6 heteroatoms. The summed E-state index contributed by atoms with van der Waals surface area (Å²) in [7, 11) is 0. The summed E-state index contributed by atoms with van der Waals surface area (Å²) in [6.07, 6.45) is 15.6. The number of nitrogens with zero attached hydrogens (tertiary/aromatic N) is 2. The van der Waals surface area contributed by atoms with E-state index in [2.05, 4.69) is 9.98 Å². The van der Waals surface area contributed by atoms with Gasteiger partial charge >= 0.3 is 0 Å². The van der Waals surface area contributed by atoms with Gasteiger partial charge in [-0.25, -0.2) is 0 Å². The fourth-order valence-corrected chi connectivity index (χ4v) is 3.76. The Morgan fingerprint density at radius 2 is 0.906 bits per heavy atom. The topological polar surface area (TPSA) is 65.2 Å². The van der Waals surface area contributed by atoms with Crippen molar-refractivity contribution >= 4 is 35.6 Å². The minimum Gasteiger partial charge on any atom is -0.507 e. The van der Waals surface area contributed by atoms with Gasteiger partial charge in [0.25, 0.3) is 0 Å². The summed E-state index contributed by atoms with van der Waals surface area (Å²) in [5.41, 5.74) is 1.34. The lowest BCUT2D eigenvalue weighted by molar-refractivity contribution is 0.474. The Bertz CT molecular complexity index is 797. The van der Waals surface area contributed by atoms with Gasteiger partial charge in [-0.1, -0.05) is 74.6 Å². The summed E-state index contributed by atoms with van der Waals surface area (Å²) in [5, 5.41) is 20.7. The van der Waals surface area contributed by atoms with Crippen molar-refractivity contribution in [1.82, 2.24) is 0 Å². The Hall–Kier alpha value is -2.04. The predicted octanol–water partition coefficient (Wildman–Crippen LogP) is 7.84. The van der Waals surface area contributed by atoms with E-state index < -0.39 is 0 Å². The molecule has 2 aromatic rings. The Kier molecular flexibility index (Phi) is 12.9. The molecule has 0 bridgehead atoms. The molecule has 0 aliphatic rings. The van der Waals surface area contributed by atoms with Crippen molar-refractivity contribution in [3.05, 3.63) is 57.6 Å². The molecule has 0 unspecified atom stereocenters. The van der Waals surface area contributed by atoms with Crippen LogP contribution in [0.1, 0.15) is 75.3 Å². The molecule has 0 saturated heterocycles. The van der Waals surface area contributed by atoms with Crippen LogP contribution in [0.2, 0.25) is 10.0 Å². The number of phenolic OH excluding ortho intramolecular Hbond substituents is 2. The second-order valence-corrected chi connectivity index (χ2v) is 8.89. The highest BCUT2D eigenvalue weighted by molar-refractivity contribution is 6.31. The molecule has 0 aliphatic heterocycles. The maximum atomic E-state index is 9.74. The molecule has 32 heavy (non-hydrogen) atoms. The number of rotatable bonds is 15. The molecule has 0 atom stereocenters. The van der Waals surface area contributed by atoms with Crippen LogP contribution in [0.15, 0.2) is 46.4 Å². The molecule has 0 amide bonds. The maximum Gasteiger partial charge on any atom is 0.124 e. The lowest BCUT2D eigenvalue weighted by Gasteiger charge is -2.02. The predicted molar refractivity (Wildman–Crippen MR) is 137 cm³/mol. The van der Waals surface area contributed by atoms with E-state index in [1.807, 2.05) is 0 Å². The number of aromatic hydroxyl groups is 2. The van der Waals surface area contributed by atoms with E-state index in [4.69, 9.17) is 23.2 Å². The molecule has 2 aromatic carbocycles. The number of aliphatic imine (C=N–C) groups is 2. The minimum atomic E-state index is 0.212. The summed E-state index contributed by atoms with van der Waals surface area (Å²) >= 11 is 11.9. The first-order valence-corrected chi connectivity index (χ1v) is 12.3. The van der Waals surface area contributed by atoms with Crippen LogP contribution < -0.4 is 0 Å². The molecule has 2 rings (SSSR count). The first-order valence-electron chi connectivity index (χ1n) is 11.5. The van der Waals surface area contributed by atoms with Gasteiger partial charge in [-0.05, 0) is 49.2 Å². The van der Waals surface area contributed by atoms with Gasteiger partial charge in [0, 0.05) is 46.7 Å². The smallest absolute Gasteiger partial charge is 0.124 e. The van der Waals surface area contributed by atoms with Crippen LogP contribution in [-0.2, 0) is 0 Å². The number of phenols is 2. The van der Waals surface area contributed by atoms with Crippen LogP contribution in [0.5, 0.6) is 11.5 Å². The van der Waals surface area contributed by atoms with E-state index in [0.717, 1.165) is 25.9 Å². The third kappa shape index (κ3) is 11.0. The fourth-order valence-electron chi connectivity index (χ4n) is 3.40. The molecular weight excluding hydrogens is 443 g/mol. The van der Waals surface area contributed by atoms with Gasteiger partial charge in [0.2, 0.25) is 0 Å². The van der Waals surface area contributed by atoms with E-state index in [0.29, 0.717) is 21.2 Å². The van der Waals surface area contributed by atoms with Gasteiger partial charge in [-0.15, -0.1) is 0 Å². The van der Waals surface area contributed by atoms with Crippen LogP contribution in [-0.4, -0.2) is 35.7 Å². The summed E-state index contributed by atoms with van der Waals surface area (Å²) < 4.78 is 0. The Labute approximate surface area is 202 Å². The Morgan fingerprint density at radius 3 is 1.28 bits per heavy atom. The van der Waals surface area contributed by atoms with Gasteiger partial charge < -0.3 is 10.2 Å². The van der Waals surface area contributed by atoms with Gasteiger partial charge in [0.05, 0.1) is 0 Å². The molecular formula is C26H34Cl2N2O2. The van der Waals surface area contributed by atoms with Crippen molar-refractivity contribution in [2.45, 2.75) is 64.2 Å². The molecule has 2 N–H and O–H groups in total. The van der Waals surface area contributed by atoms with E-state index in [9.17, 15) is 10.2 Å². The highest BCUT2D eigenvalue weighted by Crippen LogP contribution is 2.20. The van der Waals surface area contributed by atoms with Crippen LogP contribution in [0, 0.1) is 0 Å². The molecule has 0 spiro atoms. The Balaban J connectivity index is 1.39. The second kappa shape index (κ2) is 15.7. The summed E-state index contributed by atoms with van der Waals surface area (Å²) in [6, 6.07) is 9.96. The molecule has 4 nitrogen and oxygen atoms in total. The zero-order chi connectivity index (χ0) is 23.0. The van der Waals surface area contributed by atoms with Crippen molar-refractivity contribution in [3.63, 3.8) is 0 Å². The van der Waals surface area contributed by atoms with Gasteiger partial charge in [-0.2, -0.15) is 0 Å². The summed E-state index contributed by atoms with van der Waals surface area (Å²) in [5.74, 6) is 0.424. The molecule has 0 radical (unpaired) electrons. The van der Waals surface area contributed by atoms with Gasteiger partial charge in [0.1, 0.15) is 11.5 Å². The third-order valence-electron chi connectivity index (χ3n) is 5.26. The lowest BCUT2D eigenvalue weighted by Crippen LogP contribution is -1.88. The Morgan fingerprint density at radius 1 is 0.562 bits per heavy atom.